The molecule has 0 saturated carbocycles. The standard InChI is InChI=1S/C23H28BrN5O/c1-15(2)16(3)12-21(25)28-22-20(24)14-27-23(29-22)26-13-19(30-5)11-17(4)18-9-7-6-8-10-18/h6-12,14-15H,4,13H2,1-3,5H3,(H3,25,26,27,28,29)/b16-12+,19-11-. The minimum atomic E-state index is 0.392. The van der Waals surface area contributed by atoms with E-state index in [4.69, 9.17) is 10.5 Å². The molecule has 6 nitrogen and oxygen atoms in total. The molecule has 30 heavy (non-hydrogen) atoms. The number of allylic oxidation sites excluding steroid dienone is 3. The lowest BCUT2D eigenvalue weighted by Crippen LogP contribution is -2.11. The Morgan fingerprint density at radius 1 is 1.30 bits per heavy atom. The summed E-state index contributed by atoms with van der Waals surface area (Å²) in [6.07, 6.45) is 5.38. The monoisotopic (exact) mass is 469 g/mol. The van der Waals surface area contributed by atoms with Crippen LogP contribution in [0.1, 0.15) is 26.3 Å². The topological polar surface area (TPSA) is 85.4 Å². The van der Waals surface area contributed by atoms with Crippen LogP contribution in [0.3, 0.4) is 0 Å². The molecule has 0 aliphatic rings. The van der Waals surface area contributed by atoms with Gasteiger partial charge >= 0.3 is 0 Å². The van der Waals surface area contributed by atoms with Gasteiger partial charge in [0.25, 0.3) is 0 Å². The first-order valence-electron chi connectivity index (χ1n) is 9.57. The lowest BCUT2D eigenvalue weighted by atomic mass is 10.1. The van der Waals surface area contributed by atoms with Crippen molar-refractivity contribution in [2.45, 2.75) is 20.8 Å². The minimum Gasteiger partial charge on any atom is -0.499 e. The van der Waals surface area contributed by atoms with E-state index in [9.17, 15) is 0 Å². The van der Waals surface area contributed by atoms with Crippen molar-refractivity contribution in [2.75, 3.05) is 19.0 Å². The molecule has 158 valence electrons. The molecule has 0 aliphatic heterocycles. The summed E-state index contributed by atoms with van der Waals surface area (Å²) in [4.78, 5) is 13.1. The zero-order chi connectivity index (χ0) is 22.1. The maximum atomic E-state index is 6.05. The summed E-state index contributed by atoms with van der Waals surface area (Å²) in [6.45, 7) is 10.7. The Morgan fingerprint density at radius 2 is 2.00 bits per heavy atom. The minimum absolute atomic E-state index is 0.392. The molecule has 0 amide bonds. The average Bonchev–Trinajstić information content (AvgIpc) is 2.73. The van der Waals surface area contributed by atoms with Gasteiger partial charge < -0.3 is 15.8 Å². The number of hydrogen-bond donors (Lipinski definition) is 2. The lowest BCUT2D eigenvalue weighted by molar-refractivity contribution is 0.290. The number of amidine groups is 1. The Morgan fingerprint density at radius 3 is 2.63 bits per heavy atom. The predicted octanol–water partition coefficient (Wildman–Crippen LogP) is 5.49. The largest absolute Gasteiger partial charge is 0.499 e. The molecule has 1 aromatic carbocycles. The van der Waals surface area contributed by atoms with Crippen molar-refractivity contribution in [3.8, 4) is 0 Å². The molecule has 0 bridgehead atoms. The number of nitrogens with zero attached hydrogens (tertiary/aromatic N) is 3. The van der Waals surface area contributed by atoms with Crippen molar-refractivity contribution >= 4 is 39.1 Å². The number of ether oxygens (including phenoxy) is 1. The molecule has 0 atom stereocenters. The van der Waals surface area contributed by atoms with Crippen molar-refractivity contribution in [1.29, 1.82) is 0 Å². The summed E-state index contributed by atoms with van der Waals surface area (Å²) < 4.78 is 6.13. The summed E-state index contributed by atoms with van der Waals surface area (Å²) >= 11 is 3.42. The van der Waals surface area contributed by atoms with Crippen LogP contribution in [-0.4, -0.2) is 29.5 Å². The molecule has 0 radical (unpaired) electrons. The van der Waals surface area contributed by atoms with E-state index in [1.54, 1.807) is 13.3 Å². The number of anilines is 1. The quantitative estimate of drug-likeness (QED) is 0.219. The van der Waals surface area contributed by atoms with Gasteiger partial charge in [0.2, 0.25) is 5.95 Å². The van der Waals surface area contributed by atoms with E-state index < -0.39 is 0 Å². The molecule has 1 heterocycles. The maximum Gasteiger partial charge on any atom is 0.225 e. The van der Waals surface area contributed by atoms with Gasteiger partial charge in [0.05, 0.1) is 18.1 Å². The van der Waals surface area contributed by atoms with Gasteiger partial charge in [-0.15, -0.1) is 0 Å². The molecule has 2 rings (SSSR count). The molecular formula is C23H28BrN5O. The summed E-state index contributed by atoms with van der Waals surface area (Å²) in [6, 6.07) is 9.92. The molecule has 0 unspecified atom stereocenters. The zero-order valence-electron chi connectivity index (χ0n) is 17.8. The van der Waals surface area contributed by atoms with E-state index in [0.717, 1.165) is 16.7 Å². The lowest BCUT2D eigenvalue weighted by Gasteiger charge is -2.10. The third-order valence-electron chi connectivity index (χ3n) is 4.41. The van der Waals surface area contributed by atoms with Gasteiger partial charge in [0.1, 0.15) is 11.6 Å². The van der Waals surface area contributed by atoms with Crippen LogP contribution in [0.25, 0.3) is 5.57 Å². The Bertz CT molecular complexity index is 965. The normalized spacial score (nSPS) is 12.8. The van der Waals surface area contributed by atoms with E-state index in [0.29, 0.717) is 40.3 Å². The highest BCUT2D eigenvalue weighted by atomic mass is 79.9. The highest BCUT2D eigenvalue weighted by Gasteiger charge is 2.07. The Kier molecular flexibility index (Phi) is 8.80. The Balaban J connectivity index is 2.13. The van der Waals surface area contributed by atoms with Gasteiger partial charge in [-0.3, -0.25) is 0 Å². The number of halogens is 1. The second-order valence-electron chi connectivity index (χ2n) is 7.00. The number of methoxy groups -OCH3 is 1. The summed E-state index contributed by atoms with van der Waals surface area (Å²) in [5.41, 5.74) is 9.09. The van der Waals surface area contributed by atoms with Crippen molar-refractivity contribution < 1.29 is 4.74 Å². The van der Waals surface area contributed by atoms with E-state index in [1.165, 1.54) is 0 Å². The van der Waals surface area contributed by atoms with Crippen LogP contribution in [0.15, 0.2) is 76.1 Å². The molecule has 7 heteroatoms. The third kappa shape index (κ3) is 7.15. The number of benzene rings is 1. The van der Waals surface area contributed by atoms with E-state index in [1.807, 2.05) is 49.4 Å². The first-order chi connectivity index (χ1) is 14.3. The predicted molar refractivity (Wildman–Crippen MR) is 129 cm³/mol. The highest BCUT2D eigenvalue weighted by Crippen LogP contribution is 2.23. The van der Waals surface area contributed by atoms with Crippen molar-refractivity contribution in [1.82, 2.24) is 9.97 Å². The third-order valence-corrected chi connectivity index (χ3v) is 4.97. The van der Waals surface area contributed by atoms with Crippen LogP contribution in [0.5, 0.6) is 0 Å². The number of nitrogens with one attached hydrogen (secondary N) is 1. The van der Waals surface area contributed by atoms with Crippen LogP contribution < -0.4 is 11.1 Å². The van der Waals surface area contributed by atoms with Gasteiger partial charge in [-0.2, -0.15) is 4.98 Å². The van der Waals surface area contributed by atoms with Gasteiger partial charge in [0, 0.05) is 6.20 Å². The fourth-order valence-corrected chi connectivity index (χ4v) is 2.63. The number of aliphatic imine (C=N–C) groups is 1. The van der Waals surface area contributed by atoms with Crippen molar-refractivity contribution in [3.05, 3.63) is 76.6 Å². The van der Waals surface area contributed by atoms with Crippen LogP contribution >= 0.6 is 15.9 Å². The van der Waals surface area contributed by atoms with Crippen molar-refractivity contribution in [2.24, 2.45) is 16.6 Å². The molecule has 2 aromatic rings. The second kappa shape index (κ2) is 11.3. The van der Waals surface area contributed by atoms with Crippen LogP contribution in [0.4, 0.5) is 11.8 Å². The van der Waals surface area contributed by atoms with Gasteiger partial charge in [-0.05, 0) is 52.1 Å². The van der Waals surface area contributed by atoms with Gasteiger partial charge in [0.15, 0.2) is 5.82 Å². The molecule has 0 fully saturated rings. The fraction of sp³-hybridized carbons (Fsp3) is 0.261. The van der Waals surface area contributed by atoms with Gasteiger partial charge in [-0.25, -0.2) is 9.98 Å². The molecule has 0 saturated heterocycles. The smallest absolute Gasteiger partial charge is 0.225 e. The van der Waals surface area contributed by atoms with Gasteiger partial charge in [-0.1, -0.05) is 56.3 Å². The Labute approximate surface area is 186 Å². The Hall–Kier alpha value is -2.93. The molecular weight excluding hydrogens is 442 g/mol. The van der Waals surface area contributed by atoms with E-state index in [2.05, 4.69) is 56.6 Å². The average molecular weight is 470 g/mol. The van der Waals surface area contributed by atoms with Crippen LogP contribution in [0.2, 0.25) is 0 Å². The first-order valence-corrected chi connectivity index (χ1v) is 10.4. The molecule has 3 N–H and O–H groups in total. The first kappa shape index (κ1) is 23.3. The highest BCUT2D eigenvalue weighted by molar-refractivity contribution is 9.10. The summed E-state index contributed by atoms with van der Waals surface area (Å²) in [5.74, 6) is 2.37. The number of hydrogen-bond acceptors (Lipinski definition) is 5. The SMILES string of the molecule is C=C(/C=C(/CNc1ncc(Br)c(N=C(N)/C=C(\C)C(C)C)n1)OC)c1ccccc1. The summed E-state index contributed by atoms with van der Waals surface area (Å²) in [7, 11) is 1.62. The van der Waals surface area contributed by atoms with E-state index in [-0.39, 0.29) is 0 Å². The molecule has 0 spiro atoms. The van der Waals surface area contributed by atoms with Crippen LogP contribution in [0, 0.1) is 5.92 Å². The molecule has 0 aliphatic carbocycles. The fourth-order valence-electron chi connectivity index (χ4n) is 2.35. The summed E-state index contributed by atoms with van der Waals surface area (Å²) in [5, 5.41) is 3.15. The van der Waals surface area contributed by atoms with E-state index >= 15 is 0 Å². The maximum absolute atomic E-state index is 6.05. The zero-order valence-corrected chi connectivity index (χ0v) is 19.4. The molecule has 1 aromatic heterocycles. The second-order valence-corrected chi connectivity index (χ2v) is 7.86. The van der Waals surface area contributed by atoms with Crippen LogP contribution in [-0.2, 0) is 4.74 Å². The number of nitrogens with two attached hydrogens (primary N) is 1. The van der Waals surface area contributed by atoms with Crippen molar-refractivity contribution in [3.63, 3.8) is 0 Å². The number of rotatable bonds is 9. The number of aromatic nitrogens is 2.